The van der Waals surface area contributed by atoms with Crippen LogP contribution in [0.4, 0.5) is 0 Å². The van der Waals surface area contributed by atoms with E-state index in [0.717, 1.165) is 5.92 Å². The molecule has 1 saturated carbocycles. The van der Waals surface area contributed by atoms with Crippen molar-refractivity contribution in [2.45, 2.75) is 32.2 Å². The number of imidazole rings is 1. The average Bonchev–Trinajstić information content (AvgIpc) is 2.31. The van der Waals surface area contributed by atoms with Crippen molar-refractivity contribution >= 4 is 0 Å². The molecule has 0 spiro atoms. The predicted molar refractivity (Wildman–Crippen MR) is 47.1 cm³/mol. The second-order valence-electron chi connectivity index (χ2n) is 3.60. The van der Waals surface area contributed by atoms with Gasteiger partial charge in [0.05, 0.1) is 0 Å². The molecule has 1 atom stereocenters. The molecule has 0 amide bonds. The van der Waals surface area contributed by atoms with Crippen molar-refractivity contribution in [3.05, 3.63) is 22.9 Å². The Morgan fingerprint density at radius 2 is 2.42 bits per heavy atom. The smallest absolute Gasteiger partial charge is 0.313 e. The molecule has 1 N–H and O–H groups in total. The molecule has 12 heavy (non-hydrogen) atoms. The normalized spacial score (nSPS) is 20.4. The fourth-order valence-electron chi connectivity index (χ4n) is 1.80. The van der Waals surface area contributed by atoms with Crippen LogP contribution in [-0.4, -0.2) is 9.55 Å². The summed E-state index contributed by atoms with van der Waals surface area (Å²) in [6, 6.07) is 0.373. The van der Waals surface area contributed by atoms with E-state index in [9.17, 15) is 4.79 Å². The Kier molecular flexibility index (Phi) is 1.79. The highest BCUT2D eigenvalue weighted by Crippen LogP contribution is 2.35. The Balaban J connectivity index is 2.18. The number of rotatable bonds is 2. The van der Waals surface area contributed by atoms with Crippen molar-refractivity contribution in [1.29, 1.82) is 0 Å². The fourth-order valence-corrected chi connectivity index (χ4v) is 1.80. The summed E-state index contributed by atoms with van der Waals surface area (Å²) in [5.41, 5.74) is 0.0226. The zero-order valence-corrected chi connectivity index (χ0v) is 7.29. The molecule has 0 aromatic carbocycles. The van der Waals surface area contributed by atoms with Gasteiger partial charge in [-0.2, -0.15) is 0 Å². The standard InChI is InChI=1S/C9H14N2O/c1-7(8-3-2-4-8)11-6-5-10-9(11)12/h5-8H,2-4H2,1H3,(H,10,12). The zero-order chi connectivity index (χ0) is 8.55. The van der Waals surface area contributed by atoms with Crippen molar-refractivity contribution in [3.8, 4) is 0 Å². The van der Waals surface area contributed by atoms with Gasteiger partial charge in [-0.15, -0.1) is 0 Å². The Morgan fingerprint density at radius 3 is 2.83 bits per heavy atom. The molecule has 1 aromatic rings. The highest BCUT2D eigenvalue weighted by molar-refractivity contribution is 4.85. The summed E-state index contributed by atoms with van der Waals surface area (Å²) in [6.45, 7) is 2.12. The van der Waals surface area contributed by atoms with E-state index >= 15 is 0 Å². The molecule has 1 aromatic heterocycles. The third-order valence-corrected chi connectivity index (χ3v) is 2.95. The van der Waals surface area contributed by atoms with Gasteiger partial charge in [0, 0.05) is 18.4 Å². The lowest BCUT2D eigenvalue weighted by Crippen LogP contribution is -2.28. The molecule has 0 bridgehead atoms. The van der Waals surface area contributed by atoms with Crippen LogP contribution >= 0.6 is 0 Å². The Labute approximate surface area is 71.4 Å². The zero-order valence-electron chi connectivity index (χ0n) is 7.29. The number of aromatic amines is 1. The van der Waals surface area contributed by atoms with E-state index in [1.807, 2.05) is 6.20 Å². The lowest BCUT2D eigenvalue weighted by molar-refractivity contribution is 0.219. The predicted octanol–water partition coefficient (Wildman–Crippen LogP) is 1.54. The SMILES string of the molecule is CC(C1CCC1)n1cc[nH]c1=O. The van der Waals surface area contributed by atoms with Gasteiger partial charge in [-0.25, -0.2) is 4.79 Å². The number of nitrogens with zero attached hydrogens (tertiary/aromatic N) is 1. The molecule has 3 heteroatoms. The first kappa shape index (κ1) is 7.65. The van der Waals surface area contributed by atoms with Crippen molar-refractivity contribution in [1.82, 2.24) is 9.55 Å². The Bertz CT molecular complexity index is 308. The van der Waals surface area contributed by atoms with Gasteiger partial charge in [0.1, 0.15) is 0 Å². The van der Waals surface area contributed by atoms with Crippen LogP contribution < -0.4 is 5.69 Å². The van der Waals surface area contributed by atoms with E-state index in [0.29, 0.717) is 6.04 Å². The van der Waals surface area contributed by atoms with Crippen LogP contribution in [0.3, 0.4) is 0 Å². The van der Waals surface area contributed by atoms with Crippen LogP contribution in [-0.2, 0) is 0 Å². The summed E-state index contributed by atoms with van der Waals surface area (Å²) in [4.78, 5) is 13.9. The average molecular weight is 166 g/mol. The van der Waals surface area contributed by atoms with Gasteiger partial charge < -0.3 is 4.98 Å². The maximum absolute atomic E-state index is 11.2. The van der Waals surface area contributed by atoms with Gasteiger partial charge in [-0.1, -0.05) is 6.42 Å². The summed E-state index contributed by atoms with van der Waals surface area (Å²) in [5.74, 6) is 0.721. The van der Waals surface area contributed by atoms with Crippen LogP contribution in [0.5, 0.6) is 0 Å². The maximum Gasteiger partial charge on any atom is 0.325 e. The highest BCUT2D eigenvalue weighted by Gasteiger charge is 2.25. The van der Waals surface area contributed by atoms with Gasteiger partial charge in [0.2, 0.25) is 0 Å². The van der Waals surface area contributed by atoms with Crippen molar-refractivity contribution in [3.63, 3.8) is 0 Å². The molecule has 1 aliphatic carbocycles. The van der Waals surface area contributed by atoms with E-state index < -0.39 is 0 Å². The topological polar surface area (TPSA) is 37.8 Å². The molecule has 1 fully saturated rings. The summed E-state index contributed by atoms with van der Waals surface area (Å²) >= 11 is 0. The molecule has 0 saturated heterocycles. The summed E-state index contributed by atoms with van der Waals surface area (Å²) in [6.07, 6.45) is 7.43. The number of hydrogen-bond donors (Lipinski definition) is 1. The summed E-state index contributed by atoms with van der Waals surface area (Å²) < 4.78 is 1.80. The summed E-state index contributed by atoms with van der Waals surface area (Å²) in [5, 5.41) is 0. The fraction of sp³-hybridized carbons (Fsp3) is 0.667. The number of H-pyrrole nitrogens is 1. The largest absolute Gasteiger partial charge is 0.325 e. The van der Waals surface area contributed by atoms with Crippen LogP contribution in [0.15, 0.2) is 17.2 Å². The third kappa shape index (κ3) is 1.09. The van der Waals surface area contributed by atoms with Gasteiger partial charge in [0.15, 0.2) is 0 Å². The first-order valence-corrected chi connectivity index (χ1v) is 4.54. The number of hydrogen-bond acceptors (Lipinski definition) is 1. The van der Waals surface area contributed by atoms with Gasteiger partial charge in [0.25, 0.3) is 0 Å². The van der Waals surface area contributed by atoms with E-state index in [-0.39, 0.29) is 5.69 Å². The number of nitrogens with one attached hydrogen (secondary N) is 1. The van der Waals surface area contributed by atoms with Gasteiger partial charge in [-0.3, -0.25) is 4.57 Å². The maximum atomic E-state index is 11.2. The molecule has 1 aliphatic rings. The lowest BCUT2D eigenvalue weighted by atomic mass is 9.80. The number of aromatic nitrogens is 2. The van der Waals surface area contributed by atoms with E-state index in [1.54, 1.807) is 10.8 Å². The minimum absolute atomic E-state index is 0.0226. The molecule has 3 nitrogen and oxygen atoms in total. The van der Waals surface area contributed by atoms with Crippen LogP contribution in [0.25, 0.3) is 0 Å². The van der Waals surface area contributed by atoms with Gasteiger partial charge >= 0.3 is 5.69 Å². The lowest BCUT2D eigenvalue weighted by Gasteiger charge is -2.31. The molecule has 1 unspecified atom stereocenters. The van der Waals surface area contributed by atoms with E-state index in [2.05, 4.69) is 11.9 Å². The van der Waals surface area contributed by atoms with Crippen molar-refractivity contribution < 1.29 is 0 Å². The molecule has 2 rings (SSSR count). The third-order valence-electron chi connectivity index (χ3n) is 2.95. The van der Waals surface area contributed by atoms with Crippen molar-refractivity contribution in [2.75, 3.05) is 0 Å². The summed E-state index contributed by atoms with van der Waals surface area (Å²) in [7, 11) is 0. The molecule has 0 aliphatic heterocycles. The molecule has 1 heterocycles. The molecule has 66 valence electrons. The molecular formula is C9H14N2O. The van der Waals surface area contributed by atoms with Crippen LogP contribution in [0.2, 0.25) is 0 Å². The highest BCUT2D eigenvalue weighted by atomic mass is 16.1. The van der Waals surface area contributed by atoms with Crippen molar-refractivity contribution in [2.24, 2.45) is 5.92 Å². The first-order chi connectivity index (χ1) is 5.79. The minimum Gasteiger partial charge on any atom is -0.313 e. The van der Waals surface area contributed by atoms with Crippen LogP contribution in [0, 0.1) is 5.92 Å². The minimum atomic E-state index is 0.0226. The Morgan fingerprint density at radius 1 is 1.67 bits per heavy atom. The van der Waals surface area contributed by atoms with E-state index in [4.69, 9.17) is 0 Å². The second-order valence-corrected chi connectivity index (χ2v) is 3.60. The van der Waals surface area contributed by atoms with Crippen LogP contribution in [0.1, 0.15) is 32.2 Å². The molecular weight excluding hydrogens is 152 g/mol. The first-order valence-electron chi connectivity index (χ1n) is 4.54. The van der Waals surface area contributed by atoms with E-state index in [1.165, 1.54) is 19.3 Å². The van der Waals surface area contributed by atoms with Gasteiger partial charge in [-0.05, 0) is 25.7 Å². The monoisotopic (exact) mass is 166 g/mol. The Hall–Kier alpha value is -0.990. The quantitative estimate of drug-likeness (QED) is 0.711. The second kappa shape index (κ2) is 2.81. The molecule has 0 radical (unpaired) electrons.